The molecule has 1 atom stereocenters. The minimum absolute atomic E-state index is 0.214. The number of likely N-dealkylation sites (tertiary alicyclic amines) is 1. The van der Waals surface area contributed by atoms with Crippen LogP contribution in [0.3, 0.4) is 0 Å². The second kappa shape index (κ2) is 7.57. The molecule has 1 aromatic rings. The van der Waals surface area contributed by atoms with Crippen molar-refractivity contribution >= 4 is 0 Å². The van der Waals surface area contributed by atoms with Gasteiger partial charge in [-0.1, -0.05) is 0 Å². The first kappa shape index (κ1) is 15.2. The van der Waals surface area contributed by atoms with Crippen LogP contribution in [-0.2, 0) is 0 Å². The molecule has 2 N–H and O–H groups in total. The number of aliphatic hydroxyl groups is 1. The normalized spacial score (nSPS) is 18.9. The second-order valence-electron chi connectivity index (χ2n) is 5.40. The van der Waals surface area contributed by atoms with E-state index < -0.39 is 6.10 Å². The molecule has 0 radical (unpaired) electrons. The van der Waals surface area contributed by atoms with E-state index >= 15 is 0 Å². The predicted octanol–water partition coefficient (Wildman–Crippen LogP) is 1.25. The smallest absolute Gasteiger partial charge is 0.123 e. The quantitative estimate of drug-likeness (QED) is 0.824. The highest BCUT2D eigenvalue weighted by molar-refractivity contribution is 5.22. The van der Waals surface area contributed by atoms with Crippen LogP contribution in [0.15, 0.2) is 24.3 Å². The van der Waals surface area contributed by atoms with Crippen LogP contribution < -0.4 is 10.1 Å². The van der Waals surface area contributed by atoms with Gasteiger partial charge in [0.1, 0.15) is 24.3 Å². The average Bonchev–Trinajstić information content (AvgIpc) is 2.46. The van der Waals surface area contributed by atoms with Crippen molar-refractivity contribution in [2.24, 2.45) is 0 Å². The number of nitrogens with one attached hydrogen (secondary N) is 1. The molecule has 1 aliphatic heterocycles. The zero-order valence-corrected chi connectivity index (χ0v) is 11.9. The molecule has 5 heteroatoms. The van der Waals surface area contributed by atoms with E-state index in [0.29, 0.717) is 18.3 Å². The first-order valence-corrected chi connectivity index (χ1v) is 7.12. The molecule has 20 heavy (non-hydrogen) atoms. The number of nitrogens with zero attached hydrogens (tertiary/aromatic N) is 1. The number of rotatable bonds is 6. The number of hydrogen-bond acceptors (Lipinski definition) is 4. The number of halogens is 1. The fraction of sp³-hybridized carbons (Fsp3) is 0.600. The molecular weight excluding hydrogens is 259 g/mol. The molecule has 1 aromatic carbocycles. The molecule has 0 spiro atoms. The first-order chi connectivity index (χ1) is 9.63. The summed E-state index contributed by atoms with van der Waals surface area (Å²) in [6.45, 7) is 2.93. The highest BCUT2D eigenvalue weighted by atomic mass is 19.1. The number of benzene rings is 1. The third kappa shape index (κ3) is 5.07. The van der Waals surface area contributed by atoms with E-state index in [4.69, 9.17) is 4.74 Å². The maximum Gasteiger partial charge on any atom is 0.123 e. The van der Waals surface area contributed by atoms with Crippen molar-refractivity contribution in [2.75, 3.05) is 33.3 Å². The van der Waals surface area contributed by atoms with E-state index in [1.807, 2.05) is 0 Å². The summed E-state index contributed by atoms with van der Waals surface area (Å²) in [6, 6.07) is 6.29. The minimum Gasteiger partial charge on any atom is -0.491 e. The summed E-state index contributed by atoms with van der Waals surface area (Å²) in [5.74, 6) is 0.284. The zero-order chi connectivity index (χ0) is 14.4. The van der Waals surface area contributed by atoms with Gasteiger partial charge in [-0.05, 0) is 57.2 Å². The molecule has 4 nitrogen and oxygen atoms in total. The van der Waals surface area contributed by atoms with Crippen molar-refractivity contribution in [3.8, 4) is 5.75 Å². The van der Waals surface area contributed by atoms with Gasteiger partial charge in [-0.3, -0.25) is 0 Å². The van der Waals surface area contributed by atoms with Crippen LogP contribution in [0, 0.1) is 5.82 Å². The Morgan fingerprint density at radius 2 is 2.00 bits per heavy atom. The SMILES string of the molecule is CN1CCC(NCC(O)COc2ccc(F)cc2)CC1. The molecule has 0 bridgehead atoms. The van der Waals surface area contributed by atoms with Crippen molar-refractivity contribution in [3.63, 3.8) is 0 Å². The van der Waals surface area contributed by atoms with Gasteiger partial charge in [-0.2, -0.15) is 0 Å². The van der Waals surface area contributed by atoms with Crippen LogP contribution in [0.5, 0.6) is 5.75 Å². The summed E-state index contributed by atoms with van der Waals surface area (Å²) < 4.78 is 18.1. The van der Waals surface area contributed by atoms with Gasteiger partial charge in [0.25, 0.3) is 0 Å². The van der Waals surface area contributed by atoms with E-state index in [1.165, 1.54) is 12.1 Å². The lowest BCUT2D eigenvalue weighted by Gasteiger charge is -2.30. The second-order valence-corrected chi connectivity index (χ2v) is 5.40. The van der Waals surface area contributed by atoms with Gasteiger partial charge in [0.2, 0.25) is 0 Å². The molecule has 1 aliphatic rings. The maximum absolute atomic E-state index is 12.7. The molecule has 0 amide bonds. The van der Waals surface area contributed by atoms with Gasteiger partial charge in [-0.25, -0.2) is 4.39 Å². The zero-order valence-electron chi connectivity index (χ0n) is 11.9. The topological polar surface area (TPSA) is 44.7 Å². The molecule has 1 saturated heterocycles. The van der Waals surface area contributed by atoms with Crippen molar-refractivity contribution in [1.29, 1.82) is 0 Å². The number of hydrogen-bond donors (Lipinski definition) is 2. The molecule has 1 fully saturated rings. The summed E-state index contributed by atoms with van der Waals surface area (Å²) in [6.07, 6.45) is 1.67. The summed E-state index contributed by atoms with van der Waals surface area (Å²) in [5.41, 5.74) is 0. The average molecular weight is 282 g/mol. The summed E-state index contributed by atoms with van der Waals surface area (Å²) in [4.78, 5) is 2.31. The van der Waals surface area contributed by atoms with Crippen LogP contribution in [0.1, 0.15) is 12.8 Å². The lowest BCUT2D eigenvalue weighted by Crippen LogP contribution is -2.44. The molecule has 2 rings (SSSR count). The fourth-order valence-electron chi connectivity index (χ4n) is 2.30. The Hall–Kier alpha value is -1.17. The molecule has 1 unspecified atom stereocenters. The largest absolute Gasteiger partial charge is 0.491 e. The van der Waals surface area contributed by atoms with Crippen molar-refractivity contribution in [2.45, 2.75) is 25.0 Å². The Morgan fingerprint density at radius 3 is 2.65 bits per heavy atom. The van der Waals surface area contributed by atoms with Gasteiger partial charge >= 0.3 is 0 Å². The fourth-order valence-corrected chi connectivity index (χ4v) is 2.30. The Morgan fingerprint density at radius 1 is 1.35 bits per heavy atom. The lowest BCUT2D eigenvalue weighted by molar-refractivity contribution is 0.0995. The molecular formula is C15H23FN2O2. The maximum atomic E-state index is 12.7. The van der Waals surface area contributed by atoms with E-state index in [1.54, 1.807) is 12.1 Å². The van der Waals surface area contributed by atoms with Crippen LogP contribution in [0.25, 0.3) is 0 Å². The molecule has 0 aliphatic carbocycles. The summed E-state index contributed by atoms with van der Waals surface area (Å²) >= 11 is 0. The van der Waals surface area contributed by atoms with Gasteiger partial charge in [0.15, 0.2) is 0 Å². The van der Waals surface area contributed by atoms with Crippen LogP contribution in [-0.4, -0.2) is 55.4 Å². The molecule has 112 valence electrons. The monoisotopic (exact) mass is 282 g/mol. The predicted molar refractivity (Wildman–Crippen MR) is 76.4 cm³/mol. The number of aliphatic hydroxyl groups excluding tert-OH is 1. The molecule has 1 heterocycles. The Balaban J connectivity index is 1.62. The van der Waals surface area contributed by atoms with Gasteiger partial charge in [0.05, 0.1) is 0 Å². The van der Waals surface area contributed by atoms with E-state index in [2.05, 4.69) is 17.3 Å². The standard InChI is InChI=1S/C15H23FN2O2/c1-18-8-6-13(7-9-18)17-10-14(19)11-20-15-4-2-12(16)3-5-15/h2-5,13-14,17,19H,6-11H2,1H3. The summed E-state index contributed by atoms with van der Waals surface area (Å²) in [7, 11) is 2.13. The third-order valence-corrected chi connectivity index (χ3v) is 3.62. The van der Waals surface area contributed by atoms with Crippen molar-refractivity contribution in [3.05, 3.63) is 30.1 Å². The highest BCUT2D eigenvalue weighted by Gasteiger charge is 2.17. The Kier molecular flexibility index (Phi) is 5.76. The Bertz CT molecular complexity index is 391. The minimum atomic E-state index is -0.556. The van der Waals surface area contributed by atoms with E-state index in [-0.39, 0.29) is 12.4 Å². The number of piperidine rings is 1. The molecule has 0 saturated carbocycles. The number of ether oxygens (including phenoxy) is 1. The van der Waals surface area contributed by atoms with Crippen molar-refractivity contribution < 1.29 is 14.2 Å². The van der Waals surface area contributed by atoms with Crippen LogP contribution in [0.4, 0.5) is 4.39 Å². The van der Waals surface area contributed by atoms with Crippen molar-refractivity contribution in [1.82, 2.24) is 10.2 Å². The van der Waals surface area contributed by atoms with Gasteiger partial charge in [-0.15, -0.1) is 0 Å². The van der Waals surface area contributed by atoms with Crippen LogP contribution >= 0.6 is 0 Å². The first-order valence-electron chi connectivity index (χ1n) is 7.12. The van der Waals surface area contributed by atoms with Crippen LogP contribution in [0.2, 0.25) is 0 Å². The lowest BCUT2D eigenvalue weighted by atomic mass is 10.1. The van der Waals surface area contributed by atoms with Gasteiger partial charge in [0, 0.05) is 12.6 Å². The molecule has 0 aromatic heterocycles. The van der Waals surface area contributed by atoms with E-state index in [9.17, 15) is 9.50 Å². The third-order valence-electron chi connectivity index (χ3n) is 3.62. The highest BCUT2D eigenvalue weighted by Crippen LogP contribution is 2.11. The van der Waals surface area contributed by atoms with E-state index in [0.717, 1.165) is 25.9 Å². The summed E-state index contributed by atoms with van der Waals surface area (Å²) in [5, 5.41) is 13.2. The van der Waals surface area contributed by atoms with Gasteiger partial charge < -0.3 is 20.1 Å². The Labute approximate surface area is 119 Å².